The predicted octanol–water partition coefficient (Wildman–Crippen LogP) is 3.57. The van der Waals surface area contributed by atoms with Crippen molar-refractivity contribution in [3.8, 4) is 0 Å². The highest BCUT2D eigenvalue weighted by Gasteiger charge is 2.19. The highest BCUT2D eigenvalue weighted by molar-refractivity contribution is 7.09. The Hall–Kier alpha value is -1.24. The van der Waals surface area contributed by atoms with Crippen molar-refractivity contribution in [2.75, 3.05) is 39.3 Å². The molecule has 5 heteroatoms. The van der Waals surface area contributed by atoms with Gasteiger partial charge in [-0.2, -0.15) is 0 Å². The average Bonchev–Trinajstić information content (AvgIpc) is 3.17. The van der Waals surface area contributed by atoms with Crippen LogP contribution in [-0.4, -0.2) is 60.3 Å². The van der Waals surface area contributed by atoms with E-state index in [4.69, 9.17) is 4.74 Å². The first-order chi connectivity index (χ1) is 13.1. The quantitative estimate of drug-likeness (QED) is 0.712. The Labute approximate surface area is 167 Å². The smallest absolute Gasteiger partial charge is 0.0900 e. The van der Waals surface area contributed by atoms with Crippen LogP contribution in [0.4, 0.5) is 0 Å². The van der Waals surface area contributed by atoms with Crippen LogP contribution in [0.2, 0.25) is 0 Å². The Morgan fingerprint density at radius 2 is 1.74 bits per heavy atom. The molecular formula is C22H32N2O2S. The SMILES string of the molecule is CC(C)c1ccc(CN2CCN(CC(O)COCc3cccs3)CC2)cc1. The molecule has 0 radical (unpaired) electrons. The molecular weight excluding hydrogens is 356 g/mol. The van der Waals surface area contributed by atoms with Crippen molar-refractivity contribution < 1.29 is 9.84 Å². The predicted molar refractivity (Wildman–Crippen MR) is 112 cm³/mol. The third-order valence-corrected chi connectivity index (χ3v) is 5.97. The molecule has 0 amide bonds. The summed E-state index contributed by atoms with van der Waals surface area (Å²) in [6.45, 7) is 11.3. The molecule has 1 aromatic carbocycles. The van der Waals surface area contributed by atoms with Crippen LogP contribution in [0.15, 0.2) is 41.8 Å². The van der Waals surface area contributed by atoms with E-state index in [0.29, 0.717) is 25.7 Å². The second-order valence-corrected chi connectivity index (χ2v) is 8.75. The summed E-state index contributed by atoms with van der Waals surface area (Å²) in [4.78, 5) is 6.05. The van der Waals surface area contributed by atoms with Crippen LogP contribution in [0, 0.1) is 0 Å². The Kier molecular flexibility index (Phi) is 7.85. The first-order valence-corrected chi connectivity index (χ1v) is 10.8. The lowest BCUT2D eigenvalue weighted by Crippen LogP contribution is -2.48. The van der Waals surface area contributed by atoms with Gasteiger partial charge in [-0.1, -0.05) is 44.2 Å². The van der Waals surface area contributed by atoms with Crippen LogP contribution < -0.4 is 0 Å². The fourth-order valence-electron chi connectivity index (χ4n) is 3.44. The summed E-state index contributed by atoms with van der Waals surface area (Å²) in [6.07, 6.45) is -0.417. The fraction of sp³-hybridized carbons (Fsp3) is 0.545. The lowest BCUT2D eigenvalue weighted by molar-refractivity contribution is 0.00153. The van der Waals surface area contributed by atoms with Gasteiger partial charge in [0.15, 0.2) is 0 Å². The number of ether oxygens (including phenoxy) is 1. The molecule has 0 aliphatic carbocycles. The maximum atomic E-state index is 10.2. The Morgan fingerprint density at radius 1 is 1.04 bits per heavy atom. The normalized spacial score (nSPS) is 17.5. The maximum absolute atomic E-state index is 10.2. The van der Waals surface area contributed by atoms with Gasteiger partial charge < -0.3 is 9.84 Å². The van der Waals surface area contributed by atoms with Gasteiger partial charge in [0.25, 0.3) is 0 Å². The van der Waals surface area contributed by atoms with Gasteiger partial charge >= 0.3 is 0 Å². The van der Waals surface area contributed by atoms with Gasteiger partial charge in [0.05, 0.1) is 19.3 Å². The van der Waals surface area contributed by atoms with E-state index in [1.165, 1.54) is 16.0 Å². The molecule has 0 bridgehead atoms. The van der Waals surface area contributed by atoms with Gasteiger partial charge in [0.1, 0.15) is 0 Å². The summed E-state index contributed by atoms with van der Waals surface area (Å²) in [5.41, 5.74) is 2.79. The number of thiophene rings is 1. The minimum Gasteiger partial charge on any atom is -0.389 e. The van der Waals surface area contributed by atoms with Crippen LogP contribution in [0.25, 0.3) is 0 Å². The third-order valence-electron chi connectivity index (χ3n) is 5.12. The monoisotopic (exact) mass is 388 g/mol. The van der Waals surface area contributed by atoms with E-state index < -0.39 is 6.10 Å². The van der Waals surface area contributed by atoms with E-state index in [0.717, 1.165) is 32.7 Å². The topological polar surface area (TPSA) is 35.9 Å². The first-order valence-electron chi connectivity index (χ1n) is 9.92. The second-order valence-electron chi connectivity index (χ2n) is 7.72. The van der Waals surface area contributed by atoms with Gasteiger partial charge in [0.2, 0.25) is 0 Å². The minimum absolute atomic E-state index is 0.403. The molecule has 1 aliphatic rings. The van der Waals surface area contributed by atoms with Crippen molar-refractivity contribution in [1.29, 1.82) is 0 Å². The molecule has 1 N–H and O–H groups in total. The summed E-state index contributed by atoms with van der Waals surface area (Å²) < 4.78 is 5.63. The number of hydrogen-bond donors (Lipinski definition) is 1. The Bertz CT molecular complexity index is 649. The molecule has 2 aromatic rings. The number of rotatable bonds is 9. The van der Waals surface area contributed by atoms with Crippen molar-refractivity contribution in [2.24, 2.45) is 0 Å². The largest absolute Gasteiger partial charge is 0.389 e. The third kappa shape index (κ3) is 6.70. The van der Waals surface area contributed by atoms with Crippen molar-refractivity contribution >= 4 is 11.3 Å². The number of β-amino-alcohol motifs (C(OH)–C–C–N with tert-alkyl or cyclic N) is 1. The number of nitrogens with zero attached hydrogens (tertiary/aromatic N) is 2. The lowest BCUT2D eigenvalue weighted by atomic mass is 10.0. The molecule has 0 spiro atoms. The van der Waals surface area contributed by atoms with Gasteiger partial charge in [-0.3, -0.25) is 9.80 Å². The van der Waals surface area contributed by atoms with Crippen LogP contribution >= 0.6 is 11.3 Å². The molecule has 1 aliphatic heterocycles. The van der Waals surface area contributed by atoms with E-state index in [2.05, 4.69) is 54.0 Å². The lowest BCUT2D eigenvalue weighted by Gasteiger charge is -2.35. The van der Waals surface area contributed by atoms with Crippen LogP contribution in [-0.2, 0) is 17.9 Å². The number of benzene rings is 1. The fourth-order valence-corrected chi connectivity index (χ4v) is 4.08. The molecule has 0 saturated carbocycles. The van der Waals surface area contributed by atoms with Gasteiger partial charge in [-0.15, -0.1) is 11.3 Å². The standard InChI is InChI=1S/C22H32N2O2S/c1-18(2)20-7-5-19(6-8-20)14-23-9-11-24(12-10-23)15-21(25)16-26-17-22-4-3-13-27-22/h3-8,13,18,21,25H,9-12,14-17H2,1-2H3. The first kappa shape index (κ1) is 20.5. The number of aliphatic hydroxyl groups excluding tert-OH is 1. The van der Waals surface area contributed by atoms with Crippen LogP contribution in [0.5, 0.6) is 0 Å². The van der Waals surface area contributed by atoms with Crippen LogP contribution in [0.1, 0.15) is 35.8 Å². The molecule has 148 valence electrons. The van der Waals surface area contributed by atoms with E-state index >= 15 is 0 Å². The number of piperazine rings is 1. The molecule has 1 fully saturated rings. The molecule has 1 atom stereocenters. The van der Waals surface area contributed by atoms with E-state index in [-0.39, 0.29) is 0 Å². The highest BCUT2D eigenvalue weighted by atomic mass is 32.1. The molecule has 4 nitrogen and oxygen atoms in total. The summed E-state index contributed by atoms with van der Waals surface area (Å²) in [5, 5.41) is 12.3. The zero-order chi connectivity index (χ0) is 19.1. The van der Waals surface area contributed by atoms with E-state index in [9.17, 15) is 5.11 Å². The van der Waals surface area contributed by atoms with Gasteiger partial charge in [-0.05, 0) is 28.5 Å². The maximum Gasteiger partial charge on any atom is 0.0900 e. The van der Waals surface area contributed by atoms with Crippen molar-refractivity contribution in [3.05, 3.63) is 57.8 Å². The van der Waals surface area contributed by atoms with Crippen LogP contribution in [0.3, 0.4) is 0 Å². The van der Waals surface area contributed by atoms with Gasteiger partial charge in [-0.25, -0.2) is 0 Å². The van der Waals surface area contributed by atoms with E-state index in [1.807, 2.05) is 11.4 Å². The summed E-state index contributed by atoms with van der Waals surface area (Å²) in [6, 6.07) is 13.1. The summed E-state index contributed by atoms with van der Waals surface area (Å²) >= 11 is 1.69. The molecule has 2 heterocycles. The minimum atomic E-state index is -0.417. The van der Waals surface area contributed by atoms with Crippen molar-refractivity contribution in [1.82, 2.24) is 9.80 Å². The molecule has 1 unspecified atom stereocenters. The molecule has 27 heavy (non-hydrogen) atoms. The molecule has 1 aromatic heterocycles. The zero-order valence-corrected chi connectivity index (χ0v) is 17.3. The average molecular weight is 389 g/mol. The number of aliphatic hydroxyl groups is 1. The Morgan fingerprint density at radius 3 is 2.37 bits per heavy atom. The summed E-state index contributed by atoms with van der Waals surface area (Å²) in [5.74, 6) is 0.586. The molecule has 3 rings (SSSR count). The Balaban J connectivity index is 1.33. The zero-order valence-electron chi connectivity index (χ0n) is 16.5. The van der Waals surface area contributed by atoms with E-state index in [1.54, 1.807) is 11.3 Å². The number of hydrogen-bond acceptors (Lipinski definition) is 5. The summed E-state index contributed by atoms with van der Waals surface area (Å²) in [7, 11) is 0. The highest BCUT2D eigenvalue weighted by Crippen LogP contribution is 2.16. The van der Waals surface area contributed by atoms with Gasteiger partial charge in [0, 0.05) is 44.1 Å². The van der Waals surface area contributed by atoms with Crippen molar-refractivity contribution in [2.45, 2.75) is 39.0 Å². The second kappa shape index (κ2) is 10.3. The van der Waals surface area contributed by atoms with Crippen molar-refractivity contribution in [3.63, 3.8) is 0 Å². The molecule has 1 saturated heterocycles.